The molecule has 0 fully saturated rings. The number of thiazole rings is 1. The van der Waals surface area contributed by atoms with E-state index in [0.29, 0.717) is 16.4 Å². The second-order valence-corrected chi connectivity index (χ2v) is 8.50. The van der Waals surface area contributed by atoms with Crippen LogP contribution in [0, 0.1) is 24.0 Å². The van der Waals surface area contributed by atoms with E-state index in [1.165, 1.54) is 23.5 Å². The molecule has 0 aliphatic rings. The average Bonchev–Trinajstić information content (AvgIpc) is 3.22. The number of aryl methyl sites for hydroxylation is 2. The number of anilines is 1. The zero-order valence-corrected chi connectivity index (χ0v) is 19.1. The molecule has 0 radical (unpaired) electrons. The third kappa shape index (κ3) is 4.75. The number of nitrogens with one attached hydrogen (secondary N) is 1. The highest BCUT2D eigenvalue weighted by Crippen LogP contribution is 2.40. The molecule has 0 aliphatic carbocycles. The van der Waals surface area contributed by atoms with Crippen LogP contribution in [0.2, 0.25) is 0 Å². The minimum atomic E-state index is -0.429. The second-order valence-electron chi connectivity index (χ2n) is 7.50. The van der Waals surface area contributed by atoms with Gasteiger partial charge in [-0.2, -0.15) is 0 Å². The summed E-state index contributed by atoms with van der Waals surface area (Å²) in [5.74, 6) is 0.382. The number of amides is 1. The monoisotopic (exact) mass is 459 g/mol. The molecule has 1 aromatic heterocycles. The number of methoxy groups -OCH3 is 1. The number of non-ortho nitro benzene ring substituents is 1. The van der Waals surface area contributed by atoms with E-state index in [0.717, 1.165) is 32.8 Å². The zero-order valence-electron chi connectivity index (χ0n) is 18.3. The lowest BCUT2D eigenvalue weighted by Crippen LogP contribution is -2.11. The van der Waals surface area contributed by atoms with Crippen molar-refractivity contribution in [3.63, 3.8) is 0 Å². The molecule has 0 saturated carbocycles. The molecule has 0 aliphatic heterocycles. The topological polar surface area (TPSA) is 94.4 Å². The first-order chi connectivity index (χ1) is 15.9. The number of aromatic nitrogens is 1. The van der Waals surface area contributed by atoms with Gasteiger partial charge >= 0.3 is 0 Å². The lowest BCUT2D eigenvalue weighted by atomic mass is 10.0. The summed E-state index contributed by atoms with van der Waals surface area (Å²) in [6.07, 6.45) is 0. The summed E-state index contributed by atoms with van der Waals surface area (Å²) in [6, 6.07) is 19.2. The Balaban J connectivity index is 1.74. The maximum Gasteiger partial charge on any atom is 0.269 e. The lowest BCUT2D eigenvalue weighted by Gasteiger charge is -2.07. The Bertz CT molecular complexity index is 1330. The van der Waals surface area contributed by atoms with Gasteiger partial charge in [-0.1, -0.05) is 35.1 Å². The summed E-state index contributed by atoms with van der Waals surface area (Å²) in [6.45, 7) is 4.03. The van der Waals surface area contributed by atoms with Gasteiger partial charge in [0, 0.05) is 23.3 Å². The van der Waals surface area contributed by atoms with E-state index < -0.39 is 4.92 Å². The molecule has 1 amide bonds. The van der Waals surface area contributed by atoms with Gasteiger partial charge < -0.3 is 4.74 Å². The third-order valence-corrected chi connectivity index (χ3v) is 6.20. The molecule has 166 valence electrons. The van der Waals surface area contributed by atoms with Gasteiger partial charge in [0.15, 0.2) is 5.13 Å². The van der Waals surface area contributed by atoms with Gasteiger partial charge in [0.05, 0.1) is 22.6 Å². The van der Waals surface area contributed by atoms with Crippen molar-refractivity contribution in [2.75, 3.05) is 12.4 Å². The highest BCUT2D eigenvalue weighted by Gasteiger charge is 2.19. The number of rotatable bonds is 6. The highest BCUT2D eigenvalue weighted by atomic mass is 32.1. The fraction of sp³-hybridized carbons (Fsp3) is 0.120. The quantitative estimate of drug-likeness (QED) is 0.271. The fourth-order valence-corrected chi connectivity index (χ4v) is 4.46. The molecule has 4 rings (SSSR count). The zero-order chi connectivity index (χ0) is 23.5. The fourth-order valence-electron chi connectivity index (χ4n) is 3.48. The molecule has 0 unspecified atom stereocenters. The van der Waals surface area contributed by atoms with Gasteiger partial charge in [0.2, 0.25) is 0 Å². The van der Waals surface area contributed by atoms with Gasteiger partial charge in [0.25, 0.3) is 11.6 Å². The number of carbonyl (C=O) groups excluding carboxylic acids is 1. The number of nitrogens with zero attached hydrogens (tertiary/aromatic N) is 2. The molecule has 0 spiro atoms. The van der Waals surface area contributed by atoms with E-state index in [9.17, 15) is 14.9 Å². The van der Waals surface area contributed by atoms with E-state index >= 15 is 0 Å². The average molecular weight is 460 g/mol. The van der Waals surface area contributed by atoms with Crippen molar-refractivity contribution in [3.05, 3.63) is 93.5 Å². The van der Waals surface area contributed by atoms with Crippen molar-refractivity contribution < 1.29 is 14.5 Å². The van der Waals surface area contributed by atoms with E-state index in [2.05, 4.69) is 11.4 Å². The van der Waals surface area contributed by atoms with E-state index in [-0.39, 0.29) is 11.6 Å². The molecule has 3 aromatic carbocycles. The number of ether oxygens (including phenoxy) is 1. The number of hydrogen-bond donors (Lipinski definition) is 1. The summed E-state index contributed by atoms with van der Waals surface area (Å²) in [5, 5.41) is 14.4. The van der Waals surface area contributed by atoms with Crippen LogP contribution < -0.4 is 10.1 Å². The number of carbonyl (C=O) groups is 1. The van der Waals surface area contributed by atoms with E-state index in [4.69, 9.17) is 9.72 Å². The molecule has 0 bridgehead atoms. The van der Waals surface area contributed by atoms with Crippen molar-refractivity contribution in [3.8, 4) is 27.4 Å². The molecule has 1 N–H and O–H groups in total. The summed E-state index contributed by atoms with van der Waals surface area (Å²) in [5.41, 5.74) is 5.14. The van der Waals surface area contributed by atoms with Gasteiger partial charge in [-0.05, 0) is 61.4 Å². The Labute approximate surface area is 194 Å². The SMILES string of the molecule is COc1ccc(C(=O)Nc2nc(-c3ccc(C)cc3C)c(-c3ccc([N+](=O)[O-])cc3)s2)cc1. The highest BCUT2D eigenvalue weighted by molar-refractivity contribution is 7.19. The Morgan fingerprint density at radius 2 is 1.73 bits per heavy atom. The lowest BCUT2D eigenvalue weighted by molar-refractivity contribution is -0.384. The van der Waals surface area contributed by atoms with Crippen LogP contribution in [0.1, 0.15) is 21.5 Å². The van der Waals surface area contributed by atoms with Crippen molar-refractivity contribution in [2.45, 2.75) is 13.8 Å². The van der Waals surface area contributed by atoms with Gasteiger partial charge in [0.1, 0.15) is 5.75 Å². The van der Waals surface area contributed by atoms with Crippen LogP contribution in [-0.2, 0) is 0 Å². The first-order valence-corrected chi connectivity index (χ1v) is 11.0. The molecule has 33 heavy (non-hydrogen) atoms. The minimum Gasteiger partial charge on any atom is -0.497 e. The summed E-state index contributed by atoms with van der Waals surface area (Å²) in [7, 11) is 1.57. The predicted octanol–water partition coefficient (Wildman–Crippen LogP) is 6.26. The van der Waals surface area contributed by atoms with Crippen LogP contribution in [0.3, 0.4) is 0 Å². The van der Waals surface area contributed by atoms with Gasteiger partial charge in [-0.3, -0.25) is 20.2 Å². The molecule has 1 heterocycles. The van der Waals surface area contributed by atoms with Gasteiger partial charge in [-0.15, -0.1) is 0 Å². The molecular formula is C25H21N3O4S. The third-order valence-electron chi connectivity index (χ3n) is 5.18. The maximum absolute atomic E-state index is 12.8. The van der Waals surface area contributed by atoms with E-state index in [1.807, 2.05) is 26.0 Å². The van der Waals surface area contributed by atoms with Crippen LogP contribution in [0.4, 0.5) is 10.8 Å². The molecular weight excluding hydrogens is 438 g/mol. The number of hydrogen-bond acceptors (Lipinski definition) is 6. The van der Waals surface area contributed by atoms with Crippen molar-refractivity contribution >= 4 is 28.1 Å². The molecule has 7 nitrogen and oxygen atoms in total. The summed E-state index contributed by atoms with van der Waals surface area (Å²) >= 11 is 1.33. The Kier molecular flexibility index (Phi) is 6.19. The maximum atomic E-state index is 12.8. The van der Waals surface area contributed by atoms with Crippen LogP contribution in [-0.4, -0.2) is 22.9 Å². The standard InChI is InChI=1S/C25H21N3O4S/c1-15-4-13-21(16(2)14-15)22-23(17-5-9-19(10-6-17)28(30)31)33-25(26-22)27-24(29)18-7-11-20(32-3)12-8-18/h4-14H,1-3H3,(H,26,27,29). The molecule has 0 atom stereocenters. The number of nitro groups is 1. The van der Waals surface area contributed by atoms with Crippen LogP contribution >= 0.6 is 11.3 Å². The predicted molar refractivity (Wildman–Crippen MR) is 130 cm³/mol. The summed E-state index contributed by atoms with van der Waals surface area (Å²) < 4.78 is 5.14. The molecule has 4 aromatic rings. The van der Waals surface area contributed by atoms with Gasteiger partial charge in [-0.25, -0.2) is 4.98 Å². The Morgan fingerprint density at radius 3 is 2.33 bits per heavy atom. The Hall–Kier alpha value is -4.04. The molecule has 8 heteroatoms. The van der Waals surface area contributed by atoms with Crippen molar-refractivity contribution in [1.29, 1.82) is 0 Å². The smallest absolute Gasteiger partial charge is 0.269 e. The number of nitro benzene ring substituents is 1. The summed E-state index contributed by atoms with van der Waals surface area (Å²) in [4.78, 5) is 29.0. The van der Waals surface area contributed by atoms with Crippen molar-refractivity contribution in [2.24, 2.45) is 0 Å². The van der Waals surface area contributed by atoms with Crippen LogP contribution in [0.25, 0.3) is 21.7 Å². The van der Waals surface area contributed by atoms with Crippen LogP contribution in [0.15, 0.2) is 66.7 Å². The largest absolute Gasteiger partial charge is 0.497 e. The second kappa shape index (κ2) is 9.22. The van der Waals surface area contributed by atoms with Crippen molar-refractivity contribution in [1.82, 2.24) is 4.98 Å². The first-order valence-electron chi connectivity index (χ1n) is 10.1. The molecule has 0 saturated heterocycles. The van der Waals surface area contributed by atoms with E-state index in [1.54, 1.807) is 43.5 Å². The Morgan fingerprint density at radius 1 is 1.03 bits per heavy atom. The van der Waals surface area contributed by atoms with Crippen LogP contribution in [0.5, 0.6) is 5.75 Å². The first kappa shape index (κ1) is 22.2. The minimum absolute atomic E-state index is 0.0179. The normalized spacial score (nSPS) is 10.6. The number of benzene rings is 3.